The molecule has 0 saturated carbocycles. The third kappa shape index (κ3) is 2.21. The van der Waals surface area contributed by atoms with Crippen LogP contribution in [-0.4, -0.2) is 23.9 Å². The molecule has 0 saturated heterocycles. The van der Waals surface area contributed by atoms with E-state index in [1.807, 2.05) is 6.92 Å². The predicted molar refractivity (Wildman–Crippen MR) is 50.5 cm³/mol. The zero-order chi connectivity index (χ0) is 9.68. The van der Waals surface area contributed by atoms with Crippen molar-refractivity contribution in [3.8, 4) is 0 Å². The van der Waals surface area contributed by atoms with Gasteiger partial charge in [-0.05, 0) is 19.1 Å². The first-order valence-electron chi connectivity index (χ1n) is 4.23. The molecule has 0 atom stereocenters. The predicted octanol–water partition coefficient (Wildman–Crippen LogP) is 1.93. The molecular formula is C10H13NO2. The summed E-state index contributed by atoms with van der Waals surface area (Å²) in [7, 11) is 0. The Balaban J connectivity index is 2.70. The van der Waals surface area contributed by atoms with Gasteiger partial charge in [-0.25, -0.2) is 0 Å². The van der Waals surface area contributed by atoms with Crippen molar-refractivity contribution in [2.45, 2.75) is 6.92 Å². The van der Waals surface area contributed by atoms with E-state index in [1.165, 1.54) is 6.26 Å². The average Bonchev–Trinajstić information content (AvgIpc) is 2.65. The number of likely N-dealkylation sites (N-methyl/N-ethyl adjacent to an activating group) is 1. The zero-order valence-corrected chi connectivity index (χ0v) is 7.69. The Morgan fingerprint density at radius 3 is 3.00 bits per heavy atom. The highest BCUT2D eigenvalue weighted by atomic mass is 16.3. The summed E-state index contributed by atoms with van der Waals surface area (Å²) in [5, 5.41) is 0. The lowest BCUT2D eigenvalue weighted by atomic mass is 10.3. The minimum atomic E-state index is -0.0904. The molecule has 1 aromatic rings. The topological polar surface area (TPSA) is 33.5 Å². The van der Waals surface area contributed by atoms with Crippen LogP contribution in [0, 0.1) is 0 Å². The summed E-state index contributed by atoms with van der Waals surface area (Å²) < 4.78 is 5.00. The van der Waals surface area contributed by atoms with Gasteiger partial charge in [0, 0.05) is 13.1 Å². The Hall–Kier alpha value is -1.51. The maximum atomic E-state index is 11.6. The van der Waals surface area contributed by atoms with E-state index in [9.17, 15) is 4.79 Å². The zero-order valence-electron chi connectivity index (χ0n) is 7.69. The minimum Gasteiger partial charge on any atom is -0.459 e. The molecule has 0 aliphatic carbocycles. The summed E-state index contributed by atoms with van der Waals surface area (Å²) in [5.41, 5.74) is 0. The second-order valence-electron chi connectivity index (χ2n) is 2.61. The Labute approximate surface area is 77.6 Å². The third-order valence-corrected chi connectivity index (χ3v) is 1.75. The van der Waals surface area contributed by atoms with Crippen LogP contribution in [0.25, 0.3) is 0 Å². The fourth-order valence-corrected chi connectivity index (χ4v) is 1.07. The molecule has 0 N–H and O–H groups in total. The molecule has 1 rings (SSSR count). The van der Waals surface area contributed by atoms with E-state index in [2.05, 4.69) is 6.58 Å². The second-order valence-corrected chi connectivity index (χ2v) is 2.61. The molecule has 0 aliphatic rings. The standard InChI is InChI=1S/C10H13NO2/c1-3-7-11(4-2)10(12)9-6-5-8-13-9/h3,5-6,8H,1,4,7H2,2H3. The van der Waals surface area contributed by atoms with Crippen LogP contribution in [0.1, 0.15) is 17.5 Å². The monoisotopic (exact) mass is 179 g/mol. The minimum absolute atomic E-state index is 0.0904. The smallest absolute Gasteiger partial charge is 0.289 e. The molecule has 0 bridgehead atoms. The van der Waals surface area contributed by atoms with E-state index in [-0.39, 0.29) is 5.91 Å². The van der Waals surface area contributed by atoms with Gasteiger partial charge in [-0.1, -0.05) is 6.08 Å². The first kappa shape index (κ1) is 9.58. The highest BCUT2D eigenvalue weighted by molar-refractivity contribution is 5.91. The molecule has 1 aromatic heterocycles. The van der Waals surface area contributed by atoms with E-state index in [4.69, 9.17) is 4.42 Å². The molecule has 0 unspecified atom stereocenters. The van der Waals surface area contributed by atoms with E-state index < -0.39 is 0 Å². The molecule has 0 spiro atoms. The molecule has 70 valence electrons. The first-order chi connectivity index (χ1) is 6.29. The lowest BCUT2D eigenvalue weighted by Gasteiger charge is -2.16. The van der Waals surface area contributed by atoms with E-state index in [0.29, 0.717) is 18.8 Å². The normalized spacial score (nSPS) is 9.62. The molecule has 13 heavy (non-hydrogen) atoms. The molecule has 0 radical (unpaired) electrons. The summed E-state index contributed by atoms with van der Waals surface area (Å²) in [5.74, 6) is 0.288. The fourth-order valence-electron chi connectivity index (χ4n) is 1.07. The molecule has 1 amide bonds. The van der Waals surface area contributed by atoms with Gasteiger partial charge >= 0.3 is 0 Å². The Morgan fingerprint density at radius 1 is 1.77 bits per heavy atom. The number of furan rings is 1. The highest BCUT2D eigenvalue weighted by Crippen LogP contribution is 2.05. The molecule has 3 nitrogen and oxygen atoms in total. The van der Waals surface area contributed by atoms with Gasteiger partial charge in [0.2, 0.25) is 0 Å². The number of hydrogen-bond donors (Lipinski definition) is 0. The summed E-state index contributed by atoms with van der Waals surface area (Å²) in [6.45, 7) is 6.72. The van der Waals surface area contributed by atoms with Crippen LogP contribution in [0.4, 0.5) is 0 Å². The summed E-state index contributed by atoms with van der Waals surface area (Å²) in [6.07, 6.45) is 3.19. The van der Waals surface area contributed by atoms with Gasteiger partial charge in [-0.2, -0.15) is 0 Å². The molecule has 0 aromatic carbocycles. The van der Waals surface area contributed by atoms with Crippen LogP contribution < -0.4 is 0 Å². The first-order valence-corrected chi connectivity index (χ1v) is 4.23. The quantitative estimate of drug-likeness (QED) is 0.662. The highest BCUT2D eigenvalue weighted by Gasteiger charge is 2.14. The van der Waals surface area contributed by atoms with E-state index in [0.717, 1.165) is 0 Å². The number of carbonyl (C=O) groups is 1. The van der Waals surface area contributed by atoms with Crippen LogP contribution >= 0.6 is 0 Å². The number of carbonyl (C=O) groups excluding carboxylic acids is 1. The van der Waals surface area contributed by atoms with Crippen LogP contribution in [0.15, 0.2) is 35.5 Å². The second kappa shape index (κ2) is 4.50. The van der Waals surface area contributed by atoms with Gasteiger partial charge in [-0.3, -0.25) is 4.79 Å². The molecule has 0 fully saturated rings. The third-order valence-electron chi connectivity index (χ3n) is 1.75. The van der Waals surface area contributed by atoms with Gasteiger partial charge in [-0.15, -0.1) is 6.58 Å². The van der Waals surface area contributed by atoms with Crippen LogP contribution in [0.2, 0.25) is 0 Å². The van der Waals surface area contributed by atoms with Crippen molar-refractivity contribution in [2.24, 2.45) is 0 Å². The maximum Gasteiger partial charge on any atom is 0.289 e. The van der Waals surface area contributed by atoms with E-state index >= 15 is 0 Å². The van der Waals surface area contributed by atoms with Crippen molar-refractivity contribution in [3.63, 3.8) is 0 Å². The van der Waals surface area contributed by atoms with E-state index in [1.54, 1.807) is 23.1 Å². The Bertz CT molecular complexity index is 277. The molecular weight excluding hydrogens is 166 g/mol. The van der Waals surface area contributed by atoms with Crippen LogP contribution in [0.3, 0.4) is 0 Å². The molecule has 3 heteroatoms. The summed E-state index contributed by atoms with van der Waals surface area (Å²) in [4.78, 5) is 13.3. The number of hydrogen-bond acceptors (Lipinski definition) is 2. The fraction of sp³-hybridized carbons (Fsp3) is 0.300. The Morgan fingerprint density at radius 2 is 2.54 bits per heavy atom. The SMILES string of the molecule is C=CCN(CC)C(=O)c1ccco1. The van der Waals surface area contributed by atoms with Gasteiger partial charge < -0.3 is 9.32 Å². The average molecular weight is 179 g/mol. The van der Waals surface area contributed by atoms with Gasteiger partial charge in [0.1, 0.15) is 0 Å². The van der Waals surface area contributed by atoms with Gasteiger partial charge in [0.15, 0.2) is 5.76 Å². The lowest BCUT2D eigenvalue weighted by molar-refractivity contribution is 0.0750. The van der Waals surface area contributed by atoms with Crippen molar-refractivity contribution in [1.82, 2.24) is 4.90 Å². The van der Waals surface area contributed by atoms with Crippen molar-refractivity contribution in [2.75, 3.05) is 13.1 Å². The van der Waals surface area contributed by atoms with Crippen LogP contribution in [0.5, 0.6) is 0 Å². The summed E-state index contributed by atoms with van der Waals surface area (Å²) in [6, 6.07) is 3.36. The lowest BCUT2D eigenvalue weighted by Crippen LogP contribution is -2.30. The van der Waals surface area contributed by atoms with Gasteiger partial charge in [0.25, 0.3) is 5.91 Å². The Kier molecular flexibility index (Phi) is 3.31. The number of rotatable bonds is 4. The number of nitrogens with zero attached hydrogens (tertiary/aromatic N) is 1. The maximum absolute atomic E-state index is 11.6. The van der Waals surface area contributed by atoms with Crippen LogP contribution in [-0.2, 0) is 0 Å². The molecule has 0 aliphatic heterocycles. The van der Waals surface area contributed by atoms with Crippen molar-refractivity contribution in [3.05, 3.63) is 36.8 Å². The van der Waals surface area contributed by atoms with Crippen molar-refractivity contribution in [1.29, 1.82) is 0 Å². The van der Waals surface area contributed by atoms with Crippen molar-refractivity contribution < 1.29 is 9.21 Å². The largest absolute Gasteiger partial charge is 0.459 e. The van der Waals surface area contributed by atoms with Gasteiger partial charge in [0.05, 0.1) is 6.26 Å². The molecule has 1 heterocycles. The summed E-state index contributed by atoms with van der Waals surface area (Å²) >= 11 is 0. The van der Waals surface area contributed by atoms with Crippen molar-refractivity contribution >= 4 is 5.91 Å². The number of amides is 1.